The summed E-state index contributed by atoms with van der Waals surface area (Å²) in [6.45, 7) is 5.46. The van der Waals surface area contributed by atoms with E-state index in [0.29, 0.717) is 6.54 Å². The van der Waals surface area contributed by atoms with Crippen molar-refractivity contribution in [1.82, 2.24) is 29.4 Å². The van der Waals surface area contributed by atoms with Crippen molar-refractivity contribution in [2.75, 3.05) is 18.4 Å². The van der Waals surface area contributed by atoms with Gasteiger partial charge in [0.25, 0.3) is 0 Å². The van der Waals surface area contributed by atoms with Crippen molar-refractivity contribution in [2.24, 2.45) is 0 Å². The van der Waals surface area contributed by atoms with Gasteiger partial charge in [0.2, 0.25) is 0 Å². The lowest BCUT2D eigenvalue weighted by molar-refractivity contribution is 0.190. The zero-order chi connectivity index (χ0) is 17.2. The maximum Gasteiger partial charge on any atom is 0.321 e. The van der Waals surface area contributed by atoms with Gasteiger partial charge in [0, 0.05) is 44.7 Å². The fraction of sp³-hybridized carbons (Fsp3) is 0.647. The third-order valence-electron chi connectivity index (χ3n) is 5.05. The van der Waals surface area contributed by atoms with Crippen LogP contribution in [-0.4, -0.2) is 48.6 Å². The summed E-state index contributed by atoms with van der Waals surface area (Å²) in [7, 11) is 0. The first kappa shape index (κ1) is 16.1. The van der Waals surface area contributed by atoms with E-state index in [1.165, 1.54) is 0 Å². The van der Waals surface area contributed by atoms with Crippen LogP contribution in [0.25, 0.3) is 0 Å². The Labute approximate surface area is 147 Å². The molecular formula is C17H25N7O. The molecule has 2 aliphatic rings. The molecule has 1 fully saturated rings. The predicted octanol–water partition coefficient (Wildman–Crippen LogP) is 2.24. The van der Waals surface area contributed by atoms with Crippen LogP contribution in [0.4, 0.5) is 10.5 Å². The zero-order valence-electron chi connectivity index (χ0n) is 14.7. The number of aromatic nitrogens is 5. The van der Waals surface area contributed by atoms with Crippen molar-refractivity contribution in [1.29, 1.82) is 0 Å². The number of likely N-dealkylation sites (tertiary alicyclic amines) is 1. The average Bonchev–Trinajstić information content (AvgIpc) is 3.32. The molecule has 25 heavy (non-hydrogen) atoms. The Morgan fingerprint density at radius 1 is 1.32 bits per heavy atom. The number of urea groups is 1. The number of nitrogens with one attached hydrogen (secondary N) is 1. The van der Waals surface area contributed by atoms with Gasteiger partial charge in [-0.1, -0.05) is 6.92 Å². The molecule has 0 aliphatic carbocycles. The first-order chi connectivity index (χ1) is 12.2. The number of rotatable bonds is 4. The standard InChI is InChI=1S/C17H25N7O/c1-2-7-23-12-14(10-18-23)19-17(25)22-8-3-5-13(11-22)16-21-20-15-6-4-9-24(15)16/h10,12-13H,2-9,11H2,1H3,(H,19,25)/t13-/m0/s1. The van der Waals surface area contributed by atoms with Gasteiger partial charge in [-0.05, 0) is 25.7 Å². The summed E-state index contributed by atoms with van der Waals surface area (Å²) >= 11 is 0. The van der Waals surface area contributed by atoms with Crippen LogP contribution in [0.1, 0.15) is 50.2 Å². The van der Waals surface area contributed by atoms with E-state index in [4.69, 9.17) is 0 Å². The lowest BCUT2D eigenvalue weighted by atomic mass is 9.97. The molecule has 8 heteroatoms. The molecule has 2 amide bonds. The molecule has 2 aromatic heterocycles. The van der Waals surface area contributed by atoms with E-state index in [2.05, 4.69) is 32.1 Å². The highest BCUT2D eigenvalue weighted by molar-refractivity contribution is 5.89. The minimum Gasteiger partial charge on any atom is -0.324 e. The summed E-state index contributed by atoms with van der Waals surface area (Å²) in [4.78, 5) is 14.5. The van der Waals surface area contributed by atoms with Gasteiger partial charge in [0.15, 0.2) is 0 Å². The van der Waals surface area contributed by atoms with Gasteiger partial charge in [-0.25, -0.2) is 4.79 Å². The Morgan fingerprint density at radius 3 is 3.12 bits per heavy atom. The van der Waals surface area contributed by atoms with Crippen molar-refractivity contribution < 1.29 is 4.79 Å². The summed E-state index contributed by atoms with van der Waals surface area (Å²) in [6, 6.07) is -0.0538. The first-order valence-corrected chi connectivity index (χ1v) is 9.25. The summed E-state index contributed by atoms with van der Waals surface area (Å²) in [5.74, 6) is 2.43. The largest absolute Gasteiger partial charge is 0.324 e. The van der Waals surface area contributed by atoms with E-state index in [1.54, 1.807) is 6.20 Å². The molecule has 4 heterocycles. The highest BCUT2D eigenvalue weighted by Crippen LogP contribution is 2.28. The van der Waals surface area contributed by atoms with Gasteiger partial charge >= 0.3 is 6.03 Å². The summed E-state index contributed by atoms with van der Waals surface area (Å²) < 4.78 is 4.11. The Balaban J connectivity index is 1.40. The van der Waals surface area contributed by atoms with E-state index in [1.807, 2.05) is 15.8 Å². The van der Waals surface area contributed by atoms with E-state index in [9.17, 15) is 4.79 Å². The molecule has 0 aromatic carbocycles. The molecule has 1 atom stereocenters. The lowest BCUT2D eigenvalue weighted by Crippen LogP contribution is -2.42. The Morgan fingerprint density at radius 2 is 2.24 bits per heavy atom. The number of fused-ring (bicyclic) bond motifs is 1. The van der Waals surface area contributed by atoms with Crippen LogP contribution in [0, 0.1) is 0 Å². The number of piperidine rings is 1. The third kappa shape index (κ3) is 3.25. The Hall–Kier alpha value is -2.38. The molecule has 4 rings (SSSR count). The van der Waals surface area contributed by atoms with Gasteiger partial charge in [-0.2, -0.15) is 5.10 Å². The molecule has 2 aliphatic heterocycles. The number of hydrogen-bond acceptors (Lipinski definition) is 4. The van der Waals surface area contributed by atoms with E-state index >= 15 is 0 Å². The second kappa shape index (κ2) is 6.85. The fourth-order valence-corrected chi connectivity index (χ4v) is 3.83. The monoisotopic (exact) mass is 343 g/mol. The highest BCUT2D eigenvalue weighted by Gasteiger charge is 2.30. The van der Waals surface area contributed by atoms with Crippen LogP contribution in [0.3, 0.4) is 0 Å². The smallest absolute Gasteiger partial charge is 0.321 e. The van der Waals surface area contributed by atoms with Gasteiger partial charge in [0.1, 0.15) is 11.6 Å². The quantitative estimate of drug-likeness (QED) is 0.923. The second-order valence-corrected chi connectivity index (χ2v) is 6.94. The number of anilines is 1. The molecule has 1 saturated heterocycles. The topological polar surface area (TPSA) is 80.9 Å². The van der Waals surface area contributed by atoms with Gasteiger partial charge in [-0.3, -0.25) is 4.68 Å². The lowest BCUT2D eigenvalue weighted by Gasteiger charge is -2.32. The molecule has 0 saturated carbocycles. The fourth-order valence-electron chi connectivity index (χ4n) is 3.83. The predicted molar refractivity (Wildman–Crippen MR) is 93.4 cm³/mol. The molecular weight excluding hydrogens is 318 g/mol. The summed E-state index contributed by atoms with van der Waals surface area (Å²) in [5.41, 5.74) is 0.754. The summed E-state index contributed by atoms with van der Waals surface area (Å²) in [5, 5.41) is 15.9. The zero-order valence-corrected chi connectivity index (χ0v) is 14.7. The average molecular weight is 343 g/mol. The highest BCUT2D eigenvalue weighted by atomic mass is 16.2. The van der Waals surface area contributed by atoms with Crippen molar-refractivity contribution in [3.8, 4) is 0 Å². The van der Waals surface area contributed by atoms with E-state index < -0.39 is 0 Å². The molecule has 0 unspecified atom stereocenters. The van der Waals surface area contributed by atoms with Gasteiger partial charge < -0.3 is 14.8 Å². The SMILES string of the molecule is CCCn1cc(NC(=O)N2CCC[C@H](c3nnc4n3CCC4)C2)cn1. The minimum absolute atomic E-state index is 0.0538. The van der Waals surface area contributed by atoms with E-state index in [-0.39, 0.29) is 11.9 Å². The maximum atomic E-state index is 12.6. The maximum absolute atomic E-state index is 12.6. The van der Waals surface area contributed by atoms with Crippen molar-refractivity contribution >= 4 is 11.7 Å². The van der Waals surface area contributed by atoms with Crippen molar-refractivity contribution in [2.45, 2.75) is 58.0 Å². The number of carbonyl (C=O) groups excluding carboxylic acids is 1. The van der Waals surface area contributed by atoms with Crippen molar-refractivity contribution in [3.05, 3.63) is 24.0 Å². The molecule has 134 valence electrons. The number of nitrogens with zero attached hydrogens (tertiary/aromatic N) is 6. The Bertz CT molecular complexity index is 750. The van der Waals surface area contributed by atoms with Crippen LogP contribution in [-0.2, 0) is 19.5 Å². The summed E-state index contributed by atoms with van der Waals surface area (Å²) in [6.07, 6.45) is 8.84. The minimum atomic E-state index is -0.0538. The van der Waals surface area contributed by atoms with Crippen LogP contribution < -0.4 is 5.32 Å². The molecule has 0 radical (unpaired) electrons. The van der Waals surface area contributed by atoms with Gasteiger partial charge in [-0.15, -0.1) is 10.2 Å². The van der Waals surface area contributed by atoms with Crippen molar-refractivity contribution in [3.63, 3.8) is 0 Å². The van der Waals surface area contributed by atoms with Crippen LogP contribution in [0.5, 0.6) is 0 Å². The van der Waals surface area contributed by atoms with Crippen LogP contribution in [0.2, 0.25) is 0 Å². The van der Waals surface area contributed by atoms with E-state index in [0.717, 1.165) is 69.1 Å². The number of amides is 2. The molecule has 0 spiro atoms. The molecule has 2 aromatic rings. The van der Waals surface area contributed by atoms with Crippen LogP contribution in [0.15, 0.2) is 12.4 Å². The first-order valence-electron chi connectivity index (χ1n) is 9.25. The molecule has 8 nitrogen and oxygen atoms in total. The normalized spacial score (nSPS) is 19.9. The molecule has 0 bridgehead atoms. The van der Waals surface area contributed by atoms with Crippen LogP contribution >= 0.6 is 0 Å². The number of aryl methyl sites for hydroxylation is 2. The number of carbonyl (C=O) groups is 1. The Kier molecular flexibility index (Phi) is 4.42. The molecule has 1 N–H and O–H groups in total. The van der Waals surface area contributed by atoms with Gasteiger partial charge in [0.05, 0.1) is 11.9 Å². The third-order valence-corrected chi connectivity index (χ3v) is 5.05. The number of hydrogen-bond donors (Lipinski definition) is 1. The second-order valence-electron chi connectivity index (χ2n) is 6.94.